The summed E-state index contributed by atoms with van der Waals surface area (Å²) in [6, 6.07) is 4.53. The predicted molar refractivity (Wildman–Crippen MR) is 70.2 cm³/mol. The number of imidazole rings is 1. The van der Waals surface area contributed by atoms with Gasteiger partial charge in [-0.2, -0.15) is 0 Å². The number of nitrogens with one attached hydrogen (secondary N) is 1. The largest absolute Gasteiger partial charge is 0.386 e. The highest BCUT2D eigenvalue weighted by atomic mass is 16.6. The van der Waals surface area contributed by atoms with Gasteiger partial charge in [-0.25, -0.2) is 4.98 Å². The molecule has 19 heavy (non-hydrogen) atoms. The lowest BCUT2D eigenvalue weighted by Crippen LogP contribution is -2.62. The van der Waals surface area contributed by atoms with E-state index in [9.17, 15) is 15.2 Å². The Balaban J connectivity index is 1.89. The van der Waals surface area contributed by atoms with Crippen molar-refractivity contribution in [2.75, 3.05) is 18.0 Å². The number of β-amino-alcohol motifs (C(OH)–C–C–N with tert-alkyl or cyclic N) is 1. The fourth-order valence-electron chi connectivity index (χ4n) is 2.29. The van der Waals surface area contributed by atoms with Crippen LogP contribution in [-0.2, 0) is 0 Å². The summed E-state index contributed by atoms with van der Waals surface area (Å²) in [6.45, 7) is 3.01. The lowest BCUT2D eigenvalue weighted by Gasteiger charge is -2.45. The van der Waals surface area contributed by atoms with Crippen molar-refractivity contribution in [2.24, 2.45) is 0 Å². The van der Waals surface area contributed by atoms with Crippen LogP contribution in [0, 0.1) is 10.1 Å². The van der Waals surface area contributed by atoms with Crippen molar-refractivity contribution in [3.63, 3.8) is 0 Å². The van der Waals surface area contributed by atoms with E-state index >= 15 is 0 Å². The van der Waals surface area contributed by atoms with Crippen LogP contribution in [0.5, 0.6) is 0 Å². The van der Waals surface area contributed by atoms with Crippen molar-refractivity contribution in [3.05, 3.63) is 28.3 Å². The van der Waals surface area contributed by atoms with E-state index in [0.29, 0.717) is 36.5 Å². The highest BCUT2D eigenvalue weighted by Gasteiger charge is 2.40. The third-order valence-electron chi connectivity index (χ3n) is 3.59. The number of hydrogen-bond donors (Lipinski definition) is 2. The first kappa shape index (κ1) is 11.9. The number of non-ortho nitro benzene ring substituents is 1. The number of nitro benzene ring substituents is 1. The van der Waals surface area contributed by atoms with Gasteiger partial charge in [-0.1, -0.05) is 6.92 Å². The highest BCUT2D eigenvalue weighted by Crippen LogP contribution is 2.30. The molecule has 0 atom stereocenters. The van der Waals surface area contributed by atoms with E-state index in [-0.39, 0.29) is 5.69 Å². The molecule has 100 valence electrons. The van der Waals surface area contributed by atoms with Gasteiger partial charge >= 0.3 is 0 Å². The lowest BCUT2D eigenvalue weighted by molar-refractivity contribution is -0.384. The van der Waals surface area contributed by atoms with Crippen molar-refractivity contribution in [2.45, 2.75) is 18.9 Å². The molecule has 0 unspecified atom stereocenters. The maximum Gasteiger partial charge on any atom is 0.271 e. The smallest absolute Gasteiger partial charge is 0.271 e. The van der Waals surface area contributed by atoms with Gasteiger partial charge in [-0.15, -0.1) is 0 Å². The molecule has 1 fully saturated rings. The molecule has 1 aliphatic heterocycles. The van der Waals surface area contributed by atoms with Gasteiger partial charge < -0.3 is 15.0 Å². The number of rotatable bonds is 3. The maximum atomic E-state index is 10.7. The SMILES string of the molecule is CCC1(O)CN(c2nc3ccc([N+](=O)[O-])cc3[nH]2)C1. The van der Waals surface area contributed by atoms with Crippen LogP contribution in [0.3, 0.4) is 0 Å². The van der Waals surface area contributed by atoms with Gasteiger partial charge in [0.05, 0.1) is 34.6 Å². The second-order valence-corrected chi connectivity index (χ2v) is 4.95. The van der Waals surface area contributed by atoms with Crippen molar-refractivity contribution < 1.29 is 10.0 Å². The van der Waals surface area contributed by atoms with Crippen LogP contribution in [0.4, 0.5) is 11.6 Å². The average molecular weight is 262 g/mol. The third kappa shape index (κ3) is 1.91. The number of H-pyrrole nitrogens is 1. The van der Waals surface area contributed by atoms with Crippen molar-refractivity contribution in [3.8, 4) is 0 Å². The zero-order chi connectivity index (χ0) is 13.6. The van der Waals surface area contributed by atoms with Crippen LogP contribution in [0.2, 0.25) is 0 Å². The Bertz CT molecular complexity index is 645. The molecule has 0 spiro atoms. The van der Waals surface area contributed by atoms with Crippen LogP contribution in [0.1, 0.15) is 13.3 Å². The highest BCUT2D eigenvalue weighted by molar-refractivity contribution is 5.80. The summed E-state index contributed by atoms with van der Waals surface area (Å²) < 4.78 is 0. The molecule has 0 saturated carbocycles. The van der Waals surface area contributed by atoms with Gasteiger partial charge in [-0.3, -0.25) is 10.1 Å². The Morgan fingerprint density at radius 2 is 2.32 bits per heavy atom. The Morgan fingerprint density at radius 1 is 1.58 bits per heavy atom. The second-order valence-electron chi connectivity index (χ2n) is 4.95. The fourth-order valence-corrected chi connectivity index (χ4v) is 2.29. The Kier molecular flexibility index (Phi) is 2.46. The number of aromatic amines is 1. The van der Waals surface area contributed by atoms with E-state index in [0.717, 1.165) is 0 Å². The molecular weight excluding hydrogens is 248 g/mol. The zero-order valence-electron chi connectivity index (χ0n) is 10.5. The van der Waals surface area contributed by atoms with E-state index < -0.39 is 10.5 Å². The topological polar surface area (TPSA) is 95.3 Å². The van der Waals surface area contributed by atoms with Crippen molar-refractivity contribution >= 4 is 22.7 Å². The van der Waals surface area contributed by atoms with E-state index in [1.54, 1.807) is 6.07 Å². The third-order valence-corrected chi connectivity index (χ3v) is 3.59. The van der Waals surface area contributed by atoms with Crippen LogP contribution in [-0.4, -0.2) is 38.7 Å². The molecule has 1 aromatic heterocycles. The van der Waals surface area contributed by atoms with E-state index in [4.69, 9.17) is 0 Å². The molecule has 0 radical (unpaired) electrons. The van der Waals surface area contributed by atoms with Crippen LogP contribution >= 0.6 is 0 Å². The normalized spacial score (nSPS) is 17.5. The standard InChI is InChI=1S/C12H14N4O3/c1-2-12(17)6-15(7-12)11-13-9-4-3-8(16(18)19)5-10(9)14-11/h3-5,17H,2,6-7H2,1H3,(H,13,14). The fraction of sp³-hybridized carbons (Fsp3) is 0.417. The summed E-state index contributed by atoms with van der Waals surface area (Å²) in [6.07, 6.45) is 0.704. The molecule has 1 aliphatic rings. The number of hydrogen-bond acceptors (Lipinski definition) is 5. The van der Waals surface area contributed by atoms with Gasteiger partial charge in [0.1, 0.15) is 0 Å². The average Bonchev–Trinajstić information content (AvgIpc) is 2.77. The molecule has 2 heterocycles. The van der Waals surface area contributed by atoms with Gasteiger partial charge in [-0.05, 0) is 12.5 Å². The van der Waals surface area contributed by atoms with E-state index in [1.807, 2.05) is 11.8 Å². The summed E-state index contributed by atoms with van der Waals surface area (Å²) >= 11 is 0. The molecule has 2 aromatic rings. The Hall–Kier alpha value is -2.15. The predicted octanol–water partition coefficient (Wildman–Crippen LogP) is 1.43. The minimum Gasteiger partial charge on any atom is -0.386 e. The molecular formula is C12H14N4O3. The molecule has 3 rings (SSSR count). The minimum atomic E-state index is -0.634. The number of aliphatic hydroxyl groups is 1. The van der Waals surface area contributed by atoms with E-state index in [2.05, 4.69) is 9.97 Å². The number of fused-ring (bicyclic) bond motifs is 1. The molecule has 1 saturated heterocycles. The van der Waals surface area contributed by atoms with Gasteiger partial charge in [0.2, 0.25) is 5.95 Å². The van der Waals surface area contributed by atoms with Crippen molar-refractivity contribution in [1.29, 1.82) is 0 Å². The summed E-state index contributed by atoms with van der Waals surface area (Å²) in [5, 5.41) is 20.7. The summed E-state index contributed by atoms with van der Waals surface area (Å²) in [5.41, 5.74) is 0.727. The van der Waals surface area contributed by atoms with Gasteiger partial charge in [0.25, 0.3) is 5.69 Å². The first-order chi connectivity index (χ1) is 9.00. The molecule has 0 aliphatic carbocycles. The molecule has 7 heteroatoms. The van der Waals surface area contributed by atoms with Gasteiger partial charge in [0, 0.05) is 12.1 Å². The molecule has 0 bridgehead atoms. The summed E-state index contributed by atoms with van der Waals surface area (Å²) in [5.74, 6) is 0.647. The van der Waals surface area contributed by atoms with Gasteiger partial charge in [0.15, 0.2) is 0 Å². The summed E-state index contributed by atoms with van der Waals surface area (Å²) in [7, 11) is 0. The number of anilines is 1. The molecule has 0 amide bonds. The minimum absolute atomic E-state index is 0.0383. The van der Waals surface area contributed by atoms with Crippen molar-refractivity contribution in [1.82, 2.24) is 9.97 Å². The number of nitrogens with zero attached hydrogens (tertiary/aromatic N) is 3. The number of benzene rings is 1. The second kappa shape index (κ2) is 3.92. The van der Waals surface area contributed by atoms with Crippen LogP contribution in [0.25, 0.3) is 11.0 Å². The summed E-state index contributed by atoms with van der Waals surface area (Å²) in [4.78, 5) is 19.6. The number of nitro groups is 1. The Morgan fingerprint density at radius 3 is 2.95 bits per heavy atom. The molecule has 2 N–H and O–H groups in total. The lowest BCUT2D eigenvalue weighted by atomic mass is 9.92. The maximum absolute atomic E-state index is 10.7. The monoisotopic (exact) mass is 262 g/mol. The van der Waals surface area contributed by atoms with Crippen LogP contribution in [0.15, 0.2) is 18.2 Å². The number of aromatic nitrogens is 2. The van der Waals surface area contributed by atoms with E-state index in [1.165, 1.54) is 12.1 Å². The first-order valence-corrected chi connectivity index (χ1v) is 6.12. The van der Waals surface area contributed by atoms with Crippen LogP contribution < -0.4 is 4.90 Å². The first-order valence-electron chi connectivity index (χ1n) is 6.12. The Labute approximate surface area is 109 Å². The molecule has 1 aromatic carbocycles. The quantitative estimate of drug-likeness (QED) is 0.644. The zero-order valence-corrected chi connectivity index (χ0v) is 10.5. The molecule has 7 nitrogen and oxygen atoms in total.